The van der Waals surface area contributed by atoms with Crippen LogP contribution in [0.4, 0.5) is 0 Å². The van der Waals surface area contributed by atoms with Gasteiger partial charge in [-0.2, -0.15) is 0 Å². The average molecular weight is 211 g/mol. The molecule has 78 valence electrons. The van der Waals surface area contributed by atoms with Crippen LogP contribution in [-0.4, -0.2) is 23.3 Å². The van der Waals surface area contributed by atoms with Crippen LogP contribution in [0.15, 0.2) is 17.5 Å². The lowest BCUT2D eigenvalue weighted by Crippen LogP contribution is -2.37. The molecule has 0 radical (unpaired) electrons. The van der Waals surface area contributed by atoms with Crippen LogP contribution in [0.3, 0.4) is 0 Å². The number of nitrogens with one attached hydrogen (secondary N) is 1. The summed E-state index contributed by atoms with van der Waals surface area (Å²) >= 11 is 1.74. The topological polar surface area (TPSA) is 53.1 Å². The Kier molecular flexibility index (Phi) is 4.10. The normalized spacial score (nSPS) is 11.1. The van der Waals surface area contributed by atoms with Crippen molar-refractivity contribution in [3.05, 3.63) is 22.4 Å². The van der Waals surface area contributed by atoms with Crippen molar-refractivity contribution in [1.82, 2.24) is 4.90 Å². The van der Waals surface area contributed by atoms with Gasteiger partial charge in [0.05, 0.1) is 6.54 Å². The molecular formula is C10H17N3S. The molecular weight excluding hydrogens is 194 g/mol. The third-order valence-electron chi connectivity index (χ3n) is 2.04. The van der Waals surface area contributed by atoms with E-state index in [0.29, 0.717) is 12.6 Å². The highest BCUT2D eigenvalue weighted by Gasteiger charge is 2.11. The van der Waals surface area contributed by atoms with Gasteiger partial charge in [0.25, 0.3) is 0 Å². The van der Waals surface area contributed by atoms with E-state index in [-0.39, 0.29) is 5.84 Å². The van der Waals surface area contributed by atoms with Crippen LogP contribution in [0.1, 0.15) is 18.7 Å². The van der Waals surface area contributed by atoms with E-state index in [1.807, 2.05) is 6.07 Å². The predicted molar refractivity (Wildman–Crippen MR) is 61.8 cm³/mol. The molecule has 14 heavy (non-hydrogen) atoms. The zero-order valence-corrected chi connectivity index (χ0v) is 9.47. The maximum absolute atomic E-state index is 7.29. The van der Waals surface area contributed by atoms with E-state index >= 15 is 0 Å². The van der Waals surface area contributed by atoms with Crippen molar-refractivity contribution in [3.63, 3.8) is 0 Å². The minimum absolute atomic E-state index is 0.232. The van der Waals surface area contributed by atoms with E-state index < -0.39 is 0 Å². The Morgan fingerprint density at radius 1 is 1.64 bits per heavy atom. The van der Waals surface area contributed by atoms with Crippen LogP contribution < -0.4 is 5.73 Å². The molecule has 0 aromatic carbocycles. The lowest BCUT2D eigenvalue weighted by Gasteiger charge is -2.24. The van der Waals surface area contributed by atoms with E-state index in [9.17, 15) is 0 Å². The molecule has 0 aliphatic carbocycles. The Bertz CT molecular complexity index is 280. The minimum atomic E-state index is 0.232. The van der Waals surface area contributed by atoms with Crippen molar-refractivity contribution >= 4 is 17.2 Å². The Labute approximate surface area is 89.0 Å². The average Bonchev–Trinajstić information content (AvgIpc) is 2.54. The first kappa shape index (κ1) is 11.2. The number of amidine groups is 1. The Morgan fingerprint density at radius 3 is 2.79 bits per heavy atom. The van der Waals surface area contributed by atoms with Crippen LogP contribution in [0.2, 0.25) is 0 Å². The number of nitrogens with zero attached hydrogens (tertiary/aromatic N) is 1. The molecule has 0 spiro atoms. The Balaban J connectivity index is 2.56. The summed E-state index contributed by atoms with van der Waals surface area (Å²) in [5.41, 5.74) is 5.41. The third-order valence-corrected chi connectivity index (χ3v) is 2.90. The van der Waals surface area contributed by atoms with Crippen LogP contribution >= 0.6 is 11.3 Å². The second-order valence-electron chi connectivity index (χ2n) is 3.60. The lowest BCUT2D eigenvalue weighted by atomic mass is 10.3. The molecule has 0 amide bonds. The summed E-state index contributed by atoms with van der Waals surface area (Å²) in [5.74, 6) is 0.232. The molecule has 1 heterocycles. The van der Waals surface area contributed by atoms with Crippen LogP contribution in [0.5, 0.6) is 0 Å². The lowest BCUT2D eigenvalue weighted by molar-refractivity contribution is 0.246. The first-order chi connectivity index (χ1) is 6.59. The molecule has 1 aromatic heterocycles. The summed E-state index contributed by atoms with van der Waals surface area (Å²) in [6.45, 7) is 5.68. The zero-order valence-electron chi connectivity index (χ0n) is 8.66. The van der Waals surface area contributed by atoms with Crippen molar-refractivity contribution < 1.29 is 0 Å². The van der Waals surface area contributed by atoms with Gasteiger partial charge in [-0.1, -0.05) is 6.07 Å². The van der Waals surface area contributed by atoms with E-state index in [0.717, 1.165) is 6.54 Å². The van der Waals surface area contributed by atoms with Gasteiger partial charge >= 0.3 is 0 Å². The van der Waals surface area contributed by atoms with Gasteiger partial charge in [-0.3, -0.25) is 10.3 Å². The number of rotatable bonds is 5. The van der Waals surface area contributed by atoms with E-state index in [1.54, 1.807) is 11.3 Å². The number of nitrogens with two attached hydrogens (primary N) is 1. The van der Waals surface area contributed by atoms with Gasteiger partial charge in [0.2, 0.25) is 0 Å². The second-order valence-corrected chi connectivity index (χ2v) is 4.64. The first-order valence-corrected chi connectivity index (χ1v) is 5.57. The summed E-state index contributed by atoms with van der Waals surface area (Å²) in [4.78, 5) is 3.51. The molecule has 3 N–H and O–H groups in total. The van der Waals surface area contributed by atoms with Gasteiger partial charge in [0.1, 0.15) is 5.84 Å². The molecule has 0 bridgehead atoms. The molecule has 0 atom stereocenters. The fourth-order valence-electron chi connectivity index (χ4n) is 1.24. The fourth-order valence-corrected chi connectivity index (χ4v) is 1.97. The summed E-state index contributed by atoms with van der Waals surface area (Å²) in [7, 11) is 0. The quantitative estimate of drug-likeness (QED) is 0.577. The van der Waals surface area contributed by atoms with Gasteiger partial charge < -0.3 is 5.73 Å². The highest BCUT2D eigenvalue weighted by Crippen LogP contribution is 2.13. The molecule has 4 heteroatoms. The molecule has 1 aromatic rings. The van der Waals surface area contributed by atoms with Crippen molar-refractivity contribution in [1.29, 1.82) is 5.41 Å². The maximum Gasteiger partial charge on any atom is 0.105 e. The van der Waals surface area contributed by atoms with Gasteiger partial charge in [0, 0.05) is 17.5 Å². The maximum atomic E-state index is 7.29. The first-order valence-electron chi connectivity index (χ1n) is 4.69. The van der Waals surface area contributed by atoms with Gasteiger partial charge in [0.15, 0.2) is 0 Å². The third kappa shape index (κ3) is 3.47. The van der Waals surface area contributed by atoms with E-state index in [2.05, 4.69) is 30.2 Å². The highest BCUT2D eigenvalue weighted by atomic mass is 32.1. The number of hydrogen-bond acceptors (Lipinski definition) is 3. The molecule has 0 saturated carbocycles. The van der Waals surface area contributed by atoms with Crippen LogP contribution in [0.25, 0.3) is 0 Å². The van der Waals surface area contributed by atoms with Crippen molar-refractivity contribution in [3.8, 4) is 0 Å². The summed E-state index contributed by atoms with van der Waals surface area (Å²) in [6.07, 6.45) is 0. The second kappa shape index (κ2) is 5.12. The summed E-state index contributed by atoms with van der Waals surface area (Å²) in [6, 6.07) is 4.58. The van der Waals surface area contributed by atoms with Gasteiger partial charge in [-0.25, -0.2) is 0 Å². The van der Waals surface area contributed by atoms with Crippen molar-refractivity contribution in [2.75, 3.05) is 6.54 Å². The predicted octanol–water partition coefficient (Wildman–Crippen LogP) is 1.89. The van der Waals surface area contributed by atoms with E-state index in [4.69, 9.17) is 11.1 Å². The van der Waals surface area contributed by atoms with E-state index in [1.165, 1.54) is 4.88 Å². The van der Waals surface area contributed by atoms with Crippen molar-refractivity contribution in [2.45, 2.75) is 26.4 Å². The number of hydrogen-bond donors (Lipinski definition) is 2. The zero-order chi connectivity index (χ0) is 10.6. The summed E-state index contributed by atoms with van der Waals surface area (Å²) < 4.78 is 0. The molecule has 0 saturated heterocycles. The SMILES string of the molecule is CC(C)N(CC(=N)N)Cc1cccs1. The van der Waals surface area contributed by atoms with Gasteiger partial charge in [-0.05, 0) is 25.3 Å². The molecule has 0 aliphatic heterocycles. The Hall–Kier alpha value is -0.870. The van der Waals surface area contributed by atoms with Gasteiger partial charge in [-0.15, -0.1) is 11.3 Å². The standard InChI is InChI=1S/C10H17N3S/c1-8(2)13(7-10(11)12)6-9-4-3-5-14-9/h3-5,8H,6-7H2,1-2H3,(H3,11,12). The molecule has 0 unspecified atom stereocenters. The fraction of sp³-hybridized carbons (Fsp3) is 0.500. The molecule has 0 fully saturated rings. The highest BCUT2D eigenvalue weighted by molar-refractivity contribution is 7.09. The monoisotopic (exact) mass is 211 g/mol. The smallest absolute Gasteiger partial charge is 0.105 e. The molecule has 1 rings (SSSR count). The van der Waals surface area contributed by atoms with Crippen LogP contribution in [0, 0.1) is 5.41 Å². The largest absolute Gasteiger partial charge is 0.387 e. The number of thiophene rings is 1. The molecule has 0 aliphatic rings. The van der Waals surface area contributed by atoms with Crippen molar-refractivity contribution in [2.24, 2.45) is 5.73 Å². The molecule has 3 nitrogen and oxygen atoms in total. The van der Waals surface area contributed by atoms with Crippen LogP contribution in [-0.2, 0) is 6.54 Å². The Morgan fingerprint density at radius 2 is 2.36 bits per heavy atom. The minimum Gasteiger partial charge on any atom is -0.387 e. The summed E-state index contributed by atoms with van der Waals surface area (Å²) in [5, 5.41) is 9.36.